The molecule has 0 aliphatic rings. The van der Waals surface area contributed by atoms with E-state index in [0.717, 1.165) is 0 Å². The van der Waals surface area contributed by atoms with Crippen LogP contribution in [0.2, 0.25) is 0 Å². The number of nitrogens with two attached hydrogens (primary N) is 1. The Morgan fingerprint density at radius 1 is 1.08 bits per heavy atom. The van der Waals surface area contributed by atoms with Crippen LogP contribution >= 0.6 is 0 Å². The molecule has 0 aliphatic heterocycles. The summed E-state index contributed by atoms with van der Waals surface area (Å²) < 4.78 is 55.9. The van der Waals surface area contributed by atoms with Gasteiger partial charge < -0.3 is 10.5 Å². The van der Waals surface area contributed by atoms with Crippen LogP contribution in [-0.2, 0) is 15.6 Å². The van der Waals surface area contributed by atoms with Crippen molar-refractivity contribution in [3.05, 3.63) is 71.8 Å². The van der Waals surface area contributed by atoms with Gasteiger partial charge in [-0.2, -0.15) is 0 Å². The van der Waals surface area contributed by atoms with E-state index >= 15 is 0 Å². The van der Waals surface area contributed by atoms with E-state index in [0.29, 0.717) is 11.3 Å². The largest absolute Gasteiger partial charge is 0.487 e. The standard InChI is InChI=1S/C17H17F2NO3S/c18-14-3-1-13(2-4-14)12-24(21,22)17-7-5-16(6-8-17)23-11-15(19)9-10-20/h1-9H,10-12,20H2/b15-9+. The first-order valence-electron chi connectivity index (χ1n) is 7.15. The van der Waals surface area contributed by atoms with Gasteiger partial charge in [-0.05, 0) is 48.0 Å². The summed E-state index contributed by atoms with van der Waals surface area (Å²) in [5, 5.41) is 0. The molecule has 0 aromatic heterocycles. The molecular formula is C17H17F2NO3S. The van der Waals surface area contributed by atoms with Crippen molar-refractivity contribution in [2.75, 3.05) is 13.2 Å². The second-order valence-electron chi connectivity index (χ2n) is 5.03. The molecule has 0 spiro atoms. The van der Waals surface area contributed by atoms with E-state index in [1.165, 1.54) is 54.6 Å². The minimum absolute atomic E-state index is 0.0791. The van der Waals surface area contributed by atoms with E-state index in [2.05, 4.69) is 0 Å². The van der Waals surface area contributed by atoms with E-state index in [1.807, 2.05) is 0 Å². The van der Waals surface area contributed by atoms with Crippen LogP contribution in [0, 0.1) is 5.82 Å². The summed E-state index contributed by atoms with van der Waals surface area (Å²) in [5.74, 6) is -0.808. The van der Waals surface area contributed by atoms with E-state index in [9.17, 15) is 17.2 Å². The molecule has 0 unspecified atom stereocenters. The number of ether oxygens (including phenoxy) is 1. The van der Waals surface area contributed by atoms with Crippen molar-refractivity contribution in [2.24, 2.45) is 5.73 Å². The molecule has 0 bridgehead atoms. The Bertz CT molecular complexity index is 801. The molecule has 0 amide bonds. The maximum Gasteiger partial charge on any atom is 0.182 e. The molecule has 0 saturated heterocycles. The van der Waals surface area contributed by atoms with Gasteiger partial charge in [-0.25, -0.2) is 17.2 Å². The Morgan fingerprint density at radius 3 is 2.29 bits per heavy atom. The average Bonchev–Trinajstić information content (AvgIpc) is 2.56. The quantitative estimate of drug-likeness (QED) is 0.831. The van der Waals surface area contributed by atoms with Gasteiger partial charge in [-0.1, -0.05) is 12.1 Å². The highest BCUT2D eigenvalue weighted by Gasteiger charge is 2.15. The molecule has 2 N–H and O–H groups in total. The third kappa shape index (κ3) is 5.14. The topological polar surface area (TPSA) is 69.4 Å². The summed E-state index contributed by atoms with van der Waals surface area (Å²) in [5.41, 5.74) is 5.67. The van der Waals surface area contributed by atoms with Crippen LogP contribution in [-0.4, -0.2) is 21.6 Å². The number of halogens is 2. The van der Waals surface area contributed by atoms with E-state index in [-0.39, 0.29) is 23.8 Å². The molecule has 2 aromatic carbocycles. The lowest BCUT2D eigenvalue weighted by molar-refractivity contribution is 0.318. The van der Waals surface area contributed by atoms with Crippen molar-refractivity contribution >= 4 is 9.84 Å². The van der Waals surface area contributed by atoms with Crippen LogP contribution in [0.5, 0.6) is 5.75 Å². The summed E-state index contributed by atoms with van der Waals surface area (Å²) in [7, 11) is -3.56. The number of hydrogen-bond donors (Lipinski definition) is 1. The Kier molecular flexibility index (Phi) is 6.05. The molecule has 2 aromatic rings. The maximum atomic E-state index is 13.2. The molecule has 0 atom stereocenters. The van der Waals surface area contributed by atoms with E-state index < -0.39 is 21.5 Å². The molecule has 24 heavy (non-hydrogen) atoms. The highest BCUT2D eigenvalue weighted by atomic mass is 32.2. The van der Waals surface area contributed by atoms with Crippen molar-refractivity contribution in [3.8, 4) is 5.75 Å². The normalized spacial score (nSPS) is 12.2. The molecule has 7 heteroatoms. The first-order valence-corrected chi connectivity index (χ1v) is 8.80. The molecule has 128 valence electrons. The van der Waals surface area contributed by atoms with Gasteiger partial charge in [0.05, 0.1) is 10.6 Å². The molecule has 2 rings (SSSR count). The fourth-order valence-corrected chi connectivity index (χ4v) is 3.31. The van der Waals surface area contributed by atoms with E-state index in [1.54, 1.807) is 0 Å². The van der Waals surface area contributed by atoms with Crippen LogP contribution in [0.1, 0.15) is 5.56 Å². The van der Waals surface area contributed by atoms with Gasteiger partial charge in [0.15, 0.2) is 9.84 Å². The molecule has 0 radical (unpaired) electrons. The lowest BCUT2D eigenvalue weighted by atomic mass is 10.2. The number of benzene rings is 2. The highest BCUT2D eigenvalue weighted by Crippen LogP contribution is 2.20. The first kappa shape index (κ1) is 18.1. The van der Waals surface area contributed by atoms with Crippen LogP contribution in [0.25, 0.3) is 0 Å². The zero-order valence-electron chi connectivity index (χ0n) is 12.8. The zero-order chi connectivity index (χ0) is 17.6. The lowest BCUT2D eigenvalue weighted by Gasteiger charge is -2.07. The Labute approximate surface area is 139 Å². The Hall–Kier alpha value is -2.25. The van der Waals surface area contributed by atoms with Gasteiger partial charge in [0.25, 0.3) is 0 Å². The van der Waals surface area contributed by atoms with Gasteiger partial charge in [-0.3, -0.25) is 0 Å². The minimum atomic E-state index is -3.56. The lowest BCUT2D eigenvalue weighted by Crippen LogP contribution is -2.05. The molecule has 0 heterocycles. The summed E-state index contributed by atoms with van der Waals surface area (Å²) in [6.07, 6.45) is 1.20. The van der Waals surface area contributed by atoms with Crippen LogP contribution in [0.4, 0.5) is 8.78 Å². The molecule has 4 nitrogen and oxygen atoms in total. The van der Waals surface area contributed by atoms with Crippen LogP contribution in [0.3, 0.4) is 0 Å². The monoisotopic (exact) mass is 353 g/mol. The number of hydrogen-bond acceptors (Lipinski definition) is 4. The van der Waals surface area contributed by atoms with Gasteiger partial charge in [0, 0.05) is 6.54 Å². The Morgan fingerprint density at radius 2 is 1.71 bits per heavy atom. The predicted molar refractivity (Wildman–Crippen MR) is 87.5 cm³/mol. The van der Waals surface area contributed by atoms with Gasteiger partial charge >= 0.3 is 0 Å². The number of rotatable bonds is 7. The van der Waals surface area contributed by atoms with Gasteiger partial charge in [0.1, 0.15) is 24.0 Å². The summed E-state index contributed by atoms with van der Waals surface area (Å²) >= 11 is 0. The third-order valence-corrected chi connectivity index (χ3v) is 4.87. The SMILES string of the molecule is NC/C=C(/F)COc1ccc(S(=O)(=O)Cc2ccc(F)cc2)cc1. The highest BCUT2D eigenvalue weighted by molar-refractivity contribution is 7.90. The van der Waals surface area contributed by atoms with Gasteiger partial charge in [-0.15, -0.1) is 0 Å². The van der Waals surface area contributed by atoms with Crippen molar-refractivity contribution in [3.63, 3.8) is 0 Å². The second kappa shape index (κ2) is 8.03. The van der Waals surface area contributed by atoms with Crippen molar-refractivity contribution in [2.45, 2.75) is 10.6 Å². The molecule has 0 aliphatic carbocycles. The molecule has 0 fully saturated rings. The summed E-state index contributed by atoms with van der Waals surface area (Å²) in [4.78, 5) is 0.108. The van der Waals surface area contributed by atoms with Crippen LogP contribution in [0.15, 0.2) is 65.3 Å². The van der Waals surface area contributed by atoms with Crippen molar-refractivity contribution in [1.29, 1.82) is 0 Å². The molecular weight excluding hydrogens is 336 g/mol. The summed E-state index contributed by atoms with van der Waals surface area (Å²) in [6.45, 7) is -0.186. The first-order chi connectivity index (χ1) is 11.4. The van der Waals surface area contributed by atoms with Crippen LogP contribution < -0.4 is 10.5 Å². The predicted octanol–water partition coefficient (Wildman–Crippen LogP) is 2.99. The third-order valence-electron chi connectivity index (χ3n) is 3.17. The summed E-state index contributed by atoms with van der Waals surface area (Å²) in [6, 6.07) is 11.0. The fraction of sp³-hybridized carbons (Fsp3) is 0.176. The second-order valence-corrected chi connectivity index (χ2v) is 7.02. The smallest absolute Gasteiger partial charge is 0.182 e. The van der Waals surface area contributed by atoms with Crippen molar-refractivity contribution < 1.29 is 21.9 Å². The number of sulfone groups is 1. The van der Waals surface area contributed by atoms with E-state index in [4.69, 9.17) is 10.5 Å². The maximum absolute atomic E-state index is 13.2. The fourth-order valence-electron chi connectivity index (χ4n) is 1.97. The molecule has 0 saturated carbocycles. The minimum Gasteiger partial charge on any atom is -0.487 e. The average molecular weight is 353 g/mol. The Balaban J connectivity index is 2.05. The zero-order valence-corrected chi connectivity index (χ0v) is 13.6. The van der Waals surface area contributed by atoms with Gasteiger partial charge in [0.2, 0.25) is 0 Å². The van der Waals surface area contributed by atoms with Crippen molar-refractivity contribution in [1.82, 2.24) is 0 Å².